The molecular formula is C16H23NO2. The maximum absolute atomic E-state index is 11.9. The Morgan fingerprint density at radius 2 is 1.95 bits per heavy atom. The number of rotatable bonds is 4. The number of hydrogen-bond acceptors (Lipinski definition) is 2. The van der Waals surface area contributed by atoms with Gasteiger partial charge in [-0.15, -0.1) is 0 Å². The molecule has 1 saturated carbocycles. The molecule has 19 heavy (non-hydrogen) atoms. The fourth-order valence-corrected chi connectivity index (χ4v) is 2.66. The van der Waals surface area contributed by atoms with Crippen LogP contribution in [0.25, 0.3) is 0 Å². The van der Waals surface area contributed by atoms with E-state index >= 15 is 0 Å². The van der Waals surface area contributed by atoms with Crippen molar-refractivity contribution < 1.29 is 9.90 Å². The van der Waals surface area contributed by atoms with Crippen molar-refractivity contribution >= 4 is 5.91 Å². The summed E-state index contributed by atoms with van der Waals surface area (Å²) in [6, 6.07) is 8.46. The molecule has 1 aromatic rings. The van der Waals surface area contributed by atoms with Gasteiger partial charge in [-0.2, -0.15) is 0 Å². The van der Waals surface area contributed by atoms with E-state index in [9.17, 15) is 9.90 Å². The number of aliphatic hydroxyl groups excluding tert-OH is 1. The second-order valence-electron chi connectivity index (χ2n) is 5.50. The minimum absolute atomic E-state index is 0.129. The number of carbonyl (C=O) groups excluding carboxylic acids is 1. The number of carbonyl (C=O) groups is 1. The van der Waals surface area contributed by atoms with Gasteiger partial charge in [-0.25, -0.2) is 0 Å². The molecule has 1 aliphatic carbocycles. The van der Waals surface area contributed by atoms with Crippen LogP contribution in [0, 0.1) is 6.92 Å². The van der Waals surface area contributed by atoms with E-state index in [1.807, 2.05) is 12.1 Å². The number of benzene rings is 1. The highest BCUT2D eigenvalue weighted by Crippen LogP contribution is 2.18. The lowest BCUT2D eigenvalue weighted by atomic mass is 9.93. The predicted octanol–water partition coefficient (Wildman–Crippen LogP) is 2.35. The molecule has 3 heteroatoms. The van der Waals surface area contributed by atoms with Gasteiger partial charge >= 0.3 is 0 Å². The Bertz CT molecular complexity index is 423. The first kappa shape index (κ1) is 14.1. The number of aryl methyl sites for hydroxylation is 2. The first-order valence-corrected chi connectivity index (χ1v) is 7.17. The Hall–Kier alpha value is -1.35. The minimum Gasteiger partial charge on any atom is -0.393 e. The molecule has 1 aromatic carbocycles. The molecule has 104 valence electrons. The molecule has 0 saturated heterocycles. The molecule has 1 amide bonds. The van der Waals surface area contributed by atoms with Crippen molar-refractivity contribution in [3.8, 4) is 0 Å². The summed E-state index contributed by atoms with van der Waals surface area (Å²) in [4.78, 5) is 11.9. The van der Waals surface area contributed by atoms with Crippen LogP contribution in [0.15, 0.2) is 24.3 Å². The van der Waals surface area contributed by atoms with Crippen LogP contribution in [0.4, 0.5) is 0 Å². The normalized spacial score (nSPS) is 23.1. The van der Waals surface area contributed by atoms with Crippen molar-refractivity contribution in [2.45, 2.75) is 57.6 Å². The van der Waals surface area contributed by atoms with Gasteiger partial charge in [-0.3, -0.25) is 4.79 Å². The van der Waals surface area contributed by atoms with Crippen molar-refractivity contribution in [1.82, 2.24) is 5.32 Å². The molecule has 0 aliphatic heterocycles. The second-order valence-corrected chi connectivity index (χ2v) is 5.50. The van der Waals surface area contributed by atoms with E-state index in [1.54, 1.807) is 0 Å². The van der Waals surface area contributed by atoms with Crippen molar-refractivity contribution in [3.63, 3.8) is 0 Å². The first-order valence-electron chi connectivity index (χ1n) is 7.17. The van der Waals surface area contributed by atoms with E-state index < -0.39 is 0 Å². The molecule has 3 nitrogen and oxygen atoms in total. The highest BCUT2D eigenvalue weighted by Gasteiger charge is 2.20. The summed E-state index contributed by atoms with van der Waals surface area (Å²) in [5, 5.41) is 12.5. The maximum atomic E-state index is 11.9. The van der Waals surface area contributed by atoms with Crippen LogP contribution in [-0.4, -0.2) is 23.2 Å². The second kappa shape index (κ2) is 6.71. The third-order valence-electron chi connectivity index (χ3n) is 3.94. The Balaban J connectivity index is 1.74. The Morgan fingerprint density at radius 3 is 2.63 bits per heavy atom. The minimum atomic E-state index is -0.167. The van der Waals surface area contributed by atoms with Gasteiger partial charge < -0.3 is 10.4 Å². The smallest absolute Gasteiger partial charge is 0.220 e. The predicted molar refractivity (Wildman–Crippen MR) is 75.9 cm³/mol. The molecule has 1 aliphatic rings. The van der Waals surface area contributed by atoms with Crippen LogP contribution in [0.5, 0.6) is 0 Å². The zero-order chi connectivity index (χ0) is 13.7. The Labute approximate surface area is 115 Å². The third-order valence-corrected chi connectivity index (χ3v) is 3.94. The SMILES string of the molecule is Cc1ccccc1CCC(=O)NC1CCC(O)CC1. The van der Waals surface area contributed by atoms with E-state index in [1.165, 1.54) is 11.1 Å². The van der Waals surface area contributed by atoms with Gasteiger partial charge in [-0.1, -0.05) is 24.3 Å². The topological polar surface area (TPSA) is 49.3 Å². The highest BCUT2D eigenvalue weighted by atomic mass is 16.3. The van der Waals surface area contributed by atoms with Gasteiger partial charge in [0.25, 0.3) is 0 Å². The molecule has 0 atom stereocenters. The molecule has 0 spiro atoms. The van der Waals surface area contributed by atoms with Crippen LogP contribution < -0.4 is 5.32 Å². The van der Waals surface area contributed by atoms with E-state index in [4.69, 9.17) is 0 Å². The third kappa shape index (κ3) is 4.35. The number of aliphatic hydroxyl groups is 1. The monoisotopic (exact) mass is 261 g/mol. The van der Waals surface area contributed by atoms with Gasteiger partial charge in [0.2, 0.25) is 5.91 Å². The molecule has 0 aromatic heterocycles. The van der Waals surface area contributed by atoms with Crippen LogP contribution in [0.2, 0.25) is 0 Å². The summed E-state index contributed by atoms with van der Waals surface area (Å²) in [6.45, 7) is 2.08. The molecule has 0 bridgehead atoms. The van der Waals surface area contributed by atoms with E-state index in [0.717, 1.165) is 32.1 Å². The summed E-state index contributed by atoms with van der Waals surface area (Å²) in [5.74, 6) is 0.129. The lowest BCUT2D eigenvalue weighted by Crippen LogP contribution is -2.38. The quantitative estimate of drug-likeness (QED) is 0.874. The average Bonchev–Trinajstić information content (AvgIpc) is 2.40. The molecule has 0 unspecified atom stereocenters. The fourth-order valence-electron chi connectivity index (χ4n) is 2.66. The zero-order valence-electron chi connectivity index (χ0n) is 11.6. The standard InChI is InChI=1S/C16H23NO2/c1-12-4-2-3-5-13(12)6-11-16(19)17-14-7-9-15(18)10-8-14/h2-5,14-15,18H,6-11H2,1H3,(H,17,19). The summed E-state index contributed by atoms with van der Waals surface area (Å²) in [5.41, 5.74) is 2.49. The van der Waals surface area contributed by atoms with Gasteiger partial charge in [0.1, 0.15) is 0 Å². The summed E-state index contributed by atoms with van der Waals surface area (Å²) >= 11 is 0. The van der Waals surface area contributed by atoms with Gasteiger partial charge in [0.05, 0.1) is 6.10 Å². The van der Waals surface area contributed by atoms with Gasteiger partial charge in [0, 0.05) is 12.5 Å². The first-order chi connectivity index (χ1) is 9.15. The average molecular weight is 261 g/mol. The Kier molecular flexibility index (Phi) is 4.97. The Morgan fingerprint density at radius 1 is 1.26 bits per heavy atom. The van der Waals surface area contributed by atoms with Crippen LogP contribution >= 0.6 is 0 Å². The summed E-state index contributed by atoms with van der Waals surface area (Å²) in [6.07, 6.45) is 4.60. The summed E-state index contributed by atoms with van der Waals surface area (Å²) < 4.78 is 0. The van der Waals surface area contributed by atoms with Crippen molar-refractivity contribution in [3.05, 3.63) is 35.4 Å². The molecule has 2 rings (SSSR count). The van der Waals surface area contributed by atoms with Crippen LogP contribution in [0.1, 0.15) is 43.2 Å². The highest BCUT2D eigenvalue weighted by molar-refractivity contribution is 5.76. The van der Waals surface area contributed by atoms with Gasteiger partial charge in [0.15, 0.2) is 0 Å². The number of hydrogen-bond donors (Lipinski definition) is 2. The van der Waals surface area contributed by atoms with Crippen molar-refractivity contribution in [2.75, 3.05) is 0 Å². The molecule has 0 heterocycles. The van der Waals surface area contributed by atoms with Crippen LogP contribution in [0.3, 0.4) is 0 Å². The molecule has 1 fully saturated rings. The van der Waals surface area contributed by atoms with Crippen LogP contribution in [-0.2, 0) is 11.2 Å². The summed E-state index contributed by atoms with van der Waals surface area (Å²) in [7, 11) is 0. The van der Waals surface area contributed by atoms with E-state index in [0.29, 0.717) is 6.42 Å². The lowest BCUT2D eigenvalue weighted by Gasteiger charge is -2.26. The van der Waals surface area contributed by atoms with Crippen molar-refractivity contribution in [2.24, 2.45) is 0 Å². The number of nitrogens with one attached hydrogen (secondary N) is 1. The lowest BCUT2D eigenvalue weighted by molar-refractivity contribution is -0.122. The molecule has 0 radical (unpaired) electrons. The molecular weight excluding hydrogens is 238 g/mol. The largest absolute Gasteiger partial charge is 0.393 e. The van der Waals surface area contributed by atoms with E-state index in [2.05, 4.69) is 24.4 Å². The van der Waals surface area contributed by atoms with E-state index in [-0.39, 0.29) is 18.1 Å². The maximum Gasteiger partial charge on any atom is 0.220 e. The fraction of sp³-hybridized carbons (Fsp3) is 0.562. The van der Waals surface area contributed by atoms with Gasteiger partial charge in [-0.05, 0) is 50.2 Å². The number of amides is 1. The zero-order valence-corrected chi connectivity index (χ0v) is 11.6. The van der Waals surface area contributed by atoms with Crippen molar-refractivity contribution in [1.29, 1.82) is 0 Å². The molecule has 2 N–H and O–H groups in total.